The summed E-state index contributed by atoms with van der Waals surface area (Å²) in [5.41, 5.74) is 5.95. The Balaban J connectivity index is 2.61. The Labute approximate surface area is 109 Å². The number of hydrogen-bond acceptors (Lipinski definition) is 4. The molecule has 1 fully saturated rings. The molecule has 1 aliphatic rings. The first-order valence-electron chi connectivity index (χ1n) is 6.74. The Morgan fingerprint density at radius 1 is 1.44 bits per heavy atom. The predicted molar refractivity (Wildman–Crippen MR) is 70.0 cm³/mol. The number of rotatable bonds is 6. The van der Waals surface area contributed by atoms with Gasteiger partial charge in [-0.3, -0.25) is 4.79 Å². The summed E-state index contributed by atoms with van der Waals surface area (Å²) in [7, 11) is 1.61. The van der Waals surface area contributed by atoms with Gasteiger partial charge >= 0.3 is 0 Å². The van der Waals surface area contributed by atoms with Gasteiger partial charge in [0.2, 0.25) is 5.91 Å². The minimum atomic E-state index is -0.0113. The molecule has 0 aromatic carbocycles. The zero-order valence-electron chi connectivity index (χ0n) is 11.5. The van der Waals surface area contributed by atoms with Crippen LogP contribution in [0.2, 0.25) is 0 Å². The lowest BCUT2D eigenvalue weighted by Crippen LogP contribution is -2.45. The van der Waals surface area contributed by atoms with E-state index in [0.717, 1.165) is 19.3 Å². The normalized spacial score (nSPS) is 28.1. The number of carbonyl (C=O) groups is 1. The van der Waals surface area contributed by atoms with Gasteiger partial charge in [-0.2, -0.15) is 0 Å². The second-order valence-electron chi connectivity index (χ2n) is 5.20. The van der Waals surface area contributed by atoms with Crippen LogP contribution in [0, 0.1) is 11.8 Å². The maximum atomic E-state index is 12.5. The Morgan fingerprint density at radius 2 is 2.17 bits per heavy atom. The van der Waals surface area contributed by atoms with Gasteiger partial charge in [0.25, 0.3) is 0 Å². The van der Waals surface area contributed by atoms with Gasteiger partial charge in [0.1, 0.15) is 0 Å². The summed E-state index contributed by atoms with van der Waals surface area (Å²) < 4.78 is 5.00. The summed E-state index contributed by atoms with van der Waals surface area (Å²) in [4.78, 5) is 14.2. The van der Waals surface area contributed by atoms with Crippen LogP contribution in [-0.4, -0.2) is 55.4 Å². The fraction of sp³-hybridized carbons (Fsp3) is 0.923. The number of carbonyl (C=O) groups excluding carboxylic acids is 1. The summed E-state index contributed by atoms with van der Waals surface area (Å²) in [6.07, 6.45) is 2.77. The molecule has 5 heteroatoms. The lowest BCUT2D eigenvalue weighted by atomic mass is 9.77. The molecule has 0 heterocycles. The molecule has 0 aliphatic heterocycles. The zero-order chi connectivity index (χ0) is 13.5. The van der Waals surface area contributed by atoms with Crippen molar-refractivity contribution in [3.8, 4) is 0 Å². The van der Waals surface area contributed by atoms with Crippen molar-refractivity contribution in [2.75, 3.05) is 33.4 Å². The van der Waals surface area contributed by atoms with Crippen LogP contribution in [0.5, 0.6) is 0 Å². The first-order valence-corrected chi connectivity index (χ1v) is 6.74. The SMILES string of the molecule is COCCN(CCO)C(=O)C1CC(N)CCC1C. The highest BCUT2D eigenvalue weighted by Crippen LogP contribution is 2.30. The van der Waals surface area contributed by atoms with Crippen molar-refractivity contribution in [2.24, 2.45) is 17.6 Å². The molecule has 1 amide bonds. The summed E-state index contributed by atoms with van der Waals surface area (Å²) >= 11 is 0. The molecule has 3 N–H and O–H groups in total. The van der Waals surface area contributed by atoms with E-state index in [1.54, 1.807) is 12.0 Å². The summed E-state index contributed by atoms with van der Waals surface area (Å²) in [6.45, 7) is 3.51. The van der Waals surface area contributed by atoms with E-state index in [0.29, 0.717) is 25.6 Å². The highest BCUT2D eigenvalue weighted by atomic mass is 16.5. The van der Waals surface area contributed by atoms with Crippen molar-refractivity contribution in [3.63, 3.8) is 0 Å². The van der Waals surface area contributed by atoms with Crippen molar-refractivity contribution >= 4 is 5.91 Å². The van der Waals surface area contributed by atoms with Gasteiger partial charge in [-0.1, -0.05) is 6.92 Å². The van der Waals surface area contributed by atoms with Gasteiger partial charge in [0.05, 0.1) is 13.2 Å². The average molecular weight is 258 g/mol. The van der Waals surface area contributed by atoms with E-state index in [-0.39, 0.29) is 24.5 Å². The van der Waals surface area contributed by atoms with Crippen LogP contribution in [0.1, 0.15) is 26.2 Å². The second kappa shape index (κ2) is 7.71. The van der Waals surface area contributed by atoms with E-state index < -0.39 is 0 Å². The molecule has 5 nitrogen and oxygen atoms in total. The van der Waals surface area contributed by atoms with Crippen LogP contribution in [0.3, 0.4) is 0 Å². The van der Waals surface area contributed by atoms with Crippen LogP contribution in [0.4, 0.5) is 0 Å². The highest BCUT2D eigenvalue weighted by Gasteiger charge is 2.33. The number of amides is 1. The fourth-order valence-corrected chi connectivity index (χ4v) is 2.59. The summed E-state index contributed by atoms with van der Waals surface area (Å²) in [6, 6.07) is 0.133. The molecule has 0 saturated heterocycles. The molecule has 106 valence electrons. The molecule has 0 aromatic rings. The third-order valence-corrected chi connectivity index (χ3v) is 3.80. The van der Waals surface area contributed by atoms with E-state index >= 15 is 0 Å². The van der Waals surface area contributed by atoms with Gasteiger partial charge in [-0.05, 0) is 25.2 Å². The number of methoxy groups -OCH3 is 1. The Morgan fingerprint density at radius 3 is 2.78 bits per heavy atom. The van der Waals surface area contributed by atoms with Gasteiger partial charge < -0.3 is 20.5 Å². The topological polar surface area (TPSA) is 75.8 Å². The number of hydrogen-bond donors (Lipinski definition) is 2. The molecule has 0 spiro atoms. The van der Waals surface area contributed by atoms with E-state index in [1.807, 2.05) is 0 Å². The number of aliphatic hydroxyl groups is 1. The number of nitrogens with two attached hydrogens (primary N) is 1. The van der Waals surface area contributed by atoms with Crippen molar-refractivity contribution in [2.45, 2.75) is 32.2 Å². The average Bonchev–Trinajstić information content (AvgIpc) is 2.36. The monoisotopic (exact) mass is 258 g/mol. The smallest absolute Gasteiger partial charge is 0.226 e. The molecular formula is C13H26N2O3. The molecule has 1 aliphatic carbocycles. The van der Waals surface area contributed by atoms with E-state index in [2.05, 4.69) is 6.92 Å². The van der Waals surface area contributed by atoms with Crippen molar-refractivity contribution in [3.05, 3.63) is 0 Å². The molecule has 1 rings (SSSR count). The Kier molecular flexibility index (Phi) is 6.60. The number of aliphatic hydroxyl groups excluding tert-OH is 1. The predicted octanol–water partition coefficient (Wildman–Crippen LogP) is 0.217. The lowest BCUT2D eigenvalue weighted by molar-refractivity contribution is -0.139. The standard InChI is InChI=1S/C13H26N2O3/c1-10-3-4-11(14)9-12(10)13(17)15(5-7-16)6-8-18-2/h10-12,16H,3-9,14H2,1-2H3. The maximum Gasteiger partial charge on any atom is 0.226 e. The van der Waals surface area contributed by atoms with Gasteiger partial charge in [0, 0.05) is 32.2 Å². The van der Waals surface area contributed by atoms with Crippen LogP contribution in [0.25, 0.3) is 0 Å². The van der Waals surface area contributed by atoms with Crippen molar-refractivity contribution in [1.29, 1.82) is 0 Å². The largest absolute Gasteiger partial charge is 0.395 e. The minimum Gasteiger partial charge on any atom is -0.395 e. The third kappa shape index (κ3) is 4.23. The molecular weight excluding hydrogens is 232 g/mol. The summed E-state index contributed by atoms with van der Waals surface area (Å²) in [5, 5.41) is 9.04. The maximum absolute atomic E-state index is 12.5. The second-order valence-corrected chi connectivity index (χ2v) is 5.20. The number of ether oxygens (including phenoxy) is 1. The quantitative estimate of drug-likeness (QED) is 0.714. The molecule has 3 atom stereocenters. The molecule has 1 saturated carbocycles. The summed E-state index contributed by atoms with van der Waals surface area (Å²) in [5.74, 6) is 0.488. The molecule has 3 unspecified atom stereocenters. The fourth-order valence-electron chi connectivity index (χ4n) is 2.59. The van der Waals surface area contributed by atoms with E-state index in [9.17, 15) is 4.79 Å². The van der Waals surface area contributed by atoms with Crippen LogP contribution in [-0.2, 0) is 9.53 Å². The Hall–Kier alpha value is -0.650. The van der Waals surface area contributed by atoms with Gasteiger partial charge in [-0.15, -0.1) is 0 Å². The van der Waals surface area contributed by atoms with Gasteiger partial charge in [-0.25, -0.2) is 0 Å². The minimum absolute atomic E-state index is 0.00263. The third-order valence-electron chi connectivity index (χ3n) is 3.80. The van der Waals surface area contributed by atoms with E-state index in [4.69, 9.17) is 15.6 Å². The van der Waals surface area contributed by atoms with Crippen molar-refractivity contribution in [1.82, 2.24) is 4.90 Å². The highest BCUT2D eigenvalue weighted by molar-refractivity contribution is 5.79. The van der Waals surface area contributed by atoms with Crippen LogP contribution in [0.15, 0.2) is 0 Å². The zero-order valence-corrected chi connectivity index (χ0v) is 11.5. The first-order chi connectivity index (χ1) is 8.60. The van der Waals surface area contributed by atoms with Gasteiger partial charge in [0.15, 0.2) is 0 Å². The lowest BCUT2D eigenvalue weighted by Gasteiger charge is -2.35. The molecule has 0 aromatic heterocycles. The Bertz CT molecular complexity index is 261. The first kappa shape index (κ1) is 15.4. The molecule has 0 radical (unpaired) electrons. The number of nitrogens with zero attached hydrogens (tertiary/aromatic N) is 1. The molecule has 18 heavy (non-hydrogen) atoms. The molecule has 0 bridgehead atoms. The van der Waals surface area contributed by atoms with E-state index in [1.165, 1.54) is 0 Å². The van der Waals surface area contributed by atoms with Crippen LogP contribution >= 0.6 is 0 Å². The van der Waals surface area contributed by atoms with Crippen molar-refractivity contribution < 1.29 is 14.6 Å². The van der Waals surface area contributed by atoms with Crippen LogP contribution < -0.4 is 5.73 Å².